The van der Waals surface area contributed by atoms with Gasteiger partial charge >= 0.3 is 5.97 Å². The van der Waals surface area contributed by atoms with Gasteiger partial charge in [-0.15, -0.1) is 0 Å². The molecular weight excluding hydrogens is 1290 g/mol. The van der Waals surface area contributed by atoms with Crippen LogP contribution in [-0.4, -0.2) is 192 Å². The second-order valence-electron chi connectivity index (χ2n) is 27.5. The van der Waals surface area contributed by atoms with E-state index in [1.165, 1.54) is 45.0 Å². The quantitative estimate of drug-likeness (QED) is 0.0327. The van der Waals surface area contributed by atoms with Crippen LogP contribution >= 0.6 is 0 Å². The number of aromatic hydroxyl groups is 1. The molecule has 0 aromatic heterocycles. The van der Waals surface area contributed by atoms with Crippen LogP contribution in [0.3, 0.4) is 0 Å². The minimum absolute atomic E-state index is 0.0768. The predicted molar refractivity (Wildman–Crippen MR) is 378 cm³/mol. The van der Waals surface area contributed by atoms with E-state index in [0.717, 1.165) is 0 Å². The largest absolute Gasteiger partial charge is 0.508 e. The van der Waals surface area contributed by atoms with Gasteiger partial charge in [0.2, 0.25) is 70.9 Å². The summed E-state index contributed by atoms with van der Waals surface area (Å²) in [5.41, 5.74) is 29.6. The van der Waals surface area contributed by atoms with Crippen molar-refractivity contribution in [2.24, 2.45) is 58.3 Å². The summed E-state index contributed by atoms with van der Waals surface area (Å²) in [7, 11) is 0. The van der Waals surface area contributed by atoms with E-state index < -0.39 is 179 Å². The molecule has 0 radical (unpaired) electrons. The van der Waals surface area contributed by atoms with Crippen molar-refractivity contribution in [2.45, 2.75) is 258 Å². The monoisotopic (exact) mass is 1420 g/mol. The molecule has 0 unspecified atom stereocenters. The summed E-state index contributed by atoms with van der Waals surface area (Å²) in [5.74, 6) is -12.8. The Morgan fingerprint density at radius 3 is 0.980 bits per heavy atom. The molecule has 1 aromatic carbocycles. The number of nitrogens with two attached hydrogens (primary N) is 5. The summed E-state index contributed by atoms with van der Waals surface area (Å²) in [4.78, 5) is 178. The number of unbranched alkanes of at least 4 members (excludes halogenated alkanes) is 4. The number of benzene rings is 1. The fraction of sp³-hybridized carbons (Fsp3) is 0.721. The standard InChI is InChI=1S/C68H121N17O15/c1-36(2)34-50(63(94)85-55(40(9)10)68(99)100)81-66(97)53(38(5)6)83-64(95)51(35-44-26-28-45(86)29-27-44)80-58(89)43(13)75-56(87)41(11)74-57(88)42(12)76-65(96)52(37(3)4)84-67(98)54(39(7)8)82-62(93)49(25-17-21-33-72)79-61(92)48(24-16-20-32-71)78-60(91)47(23-15-19-31-70)77-59(90)46(73)22-14-18-30-69/h26-29,36-43,46-55,86H,14-25,30-35,69-73H2,1-13H3,(H,74,88)(H,75,87)(H,76,96)(H,77,90)(H,78,91)(H,79,92)(H,80,89)(H,81,97)(H,82,93)(H,83,95)(H,84,98)(H,85,94)(H,99,100)/t41-,42-,43-,46-,47-,48-,49-,50-,51-,52-,53-,54-,55-/m0/s1. The number of carbonyl (C=O) groups excluding carboxylic acids is 12. The second-order valence-corrected chi connectivity index (χ2v) is 27.5. The van der Waals surface area contributed by atoms with E-state index in [9.17, 15) is 72.5 Å². The summed E-state index contributed by atoms with van der Waals surface area (Å²) in [6.07, 6.45) is 4.76. The maximum absolute atomic E-state index is 14.3. The van der Waals surface area contributed by atoms with Crippen molar-refractivity contribution in [1.29, 1.82) is 0 Å². The number of amides is 12. The maximum atomic E-state index is 14.3. The van der Waals surface area contributed by atoms with Crippen molar-refractivity contribution in [3.63, 3.8) is 0 Å². The van der Waals surface area contributed by atoms with Crippen LogP contribution in [0.25, 0.3) is 0 Å². The number of nitrogens with one attached hydrogen (secondary N) is 12. The molecule has 32 nitrogen and oxygen atoms in total. The van der Waals surface area contributed by atoms with E-state index in [-0.39, 0.29) is 50.3 Å². The summed E-state index contributed by atoms with van der Waals surface area (Å²) >= 11 is 0. The minimum atomic E-state index is -1.40. The van der Waals surface area contributed by atoms with Gasteiger partial charge in [-0.1, -0.05) is 87.8 Å². The van der Waals surface area contributed by atoms with Crippen LogP contribution in [-0.2, 0) is 68.7 Å². The Labute approximate surface area is 589 Å². The zero-order chi connectivity index (χ0) is 76.1. The Morgan fingerprint density at radius 1 is 0.330 bits per heavy atom. The van der Waals surface area contributed by atoms with E-state index in [2.05, 4.69) is 63.8 Å². The zero-order valence-electron chi connectivity index (χ0n) is 61.0. The molecule has 0 aliphatic heterocycles. The summed E-state index contributed by atoms with van der Waals surface area (Å²) < 4.78 is 0. The molecule has 0 saturated carbocycles. The SMILES string of the molecule is CC(C)C[C@H](NC(=O)[C@@H](NC(=O)[C@H](Cc1ccc(O)cc1)NC(=O)[C@H](C)NC(=O)[C@H](C)NC(=O)[C@H](C)NC(=O)[C@@H](NC(=O)[C@@H](NC(=O)[C@H](CCCCN)NC(=O)[C@H](CCCCN)NC(=O)[C@H](CCCCN)NC(=O)[C@@H](N)CCCCN)C(C)C)C(C)C)C(C)C)C(=O)N[C@H](C(=O)O)C(C)C. The van der Waals surface area contributed by atoms with Crippen LogP contribution in [0.4, 0.5) is 0 Å². The predicted octanol–water partition coefficient (Wildman–Crippen LogP) is -1.59. The lowest BCUT2D eigenvalue weighted by Crippen LogP contribution is -2.61. The molecule has 24 N–H and O–H groups in total. The van der Waals surface area contributed by atoms with Crippen LogP contribution in [0.5, 0.6) is 5.75 Å². The van der Waals surface area contributed by atoms with Crippen molar-refractivity contribution in [2.75, 3.05) is 26.2 Å². The molecule has 100 heavy (non-hydrogen) atoms. The summed E-state index contributed by atoms with van der Waals surface area (Å²) in [6, 6.07) is -10.3. The van der Waals surface area contributed by atoms with Crippen molar-refractivity contribution < 1.29 is 72.5 Å². The molecule has 0 saturated heterocycles. The van der Waals surface area contributed by atoms with E-state index in [1.54, 1.807) is 55.4 Å². The lowest BCUT2D eigenvalue weighted by atomic mass is 9.98. The molecule has 0 aliphatic carbocycles. The van der Waals surface area contributed by atoms with Gasteiger partial charge in [-0.2, -0.15) is 0 Å². The van der Waals surface area contributed by atoms with Crippen LogP contribution in [0.15, 0.2) is 24.3 Å². The van der Waals surface area contributed by atoms with Crippen LogP contribution < -0.4 is 92.5 Å². The van der Waals surface area contributed by atoms with E-state index in [1.807, 2.05) is 13.8 Å². The Morgan fingerprint density at radius 2 is 0.610 bits per heavy atom. The lowest BCUT2D eigenvalue weighted by molar-refractivity contribution is -0.143. The highest BCUT2D eigenvalue weighted by Gasteiger charge is 2.38. The first-order chi connectivity index (χ1) is 46.9. The average molecular weight is 1420 g/mol. The zero-order valence-corrected chi connectivity index (χ0v) is 61.0. The van der Waals surface area contributed by atoms with Gasteiger partial charge in [0.15, 0.2) is 0 Å². The first-order valence-electron chi connectivity index (χ1n) is 35.2. The molecule has 0 fully saturated rings. The molecule has 13 atom stereocenters. The Kier molecular flexibility index (Phi) is 42.4. The topological polar surface area (TPSA) is 537 Å². The normalized spacial score (nSPS) is 15.3. The van der Waals surface area contributed by atoms with Gasteiger partial charge in [-0.25, -0.2) is 4.79 Å². The number of aliphatic carboxylic acids is 1. The Hall–Kier alpha value is -8.07. The highest BCUT2D eigenvalue weighted by atomic mass is 16.4. The van der Waals surface area contributed by atoms with Crippen LogP contribution in [0.2, 0.25) is 0 Å². The number of hydrogen-bond donors (Lipinski definition) is 19. The van der Waals surface area contributed by atoms with Crippen LogP contribution in [0, 0.1) is 29.6 Å². The number of phenolic OH excluding ortho intramolecular Hbond substituents is 1. The third-order valence-corrected chi connectivity index (χ3v) is 16.6. The summed E-state index contributed by atoms with van der Waals surface area (Å²) in [5, 5.41) is 51.4. The third-order valence-electron chi connectivity index (χ3n) is 16.6. The molecule has 568 valence electrons. The first-order valence-corrected chi connectivity index (χ1v) is 35.2. The van der Waals surface area contributed by atoms with Crippen molar-refractivity contribution >= 4 is 76.9 Å². The van der Waals surface area contributed by atoms with Gasteiger partial charge in [-0.3, -0.25) is 57.5 Å². The number of phenols is 1. The molecule has 0 heterocycles. The summed E-state index contributed by atoms with van der Waals surface area (Å²) in [6.45, 7) is 22.0. The number of carboxylic acids is 1. The highest BCUT2D eigenvalue weighted by Crippen LogP contribution is 2.16. The van der Waals surface area contributed by atoms with Gasteiger partial charge in [0.1, 0.15) is 78.3 Å². The first kappa shape index (κ1) is 89.9. The number of hydrogen-bond acceptors (Lipinski definition) is 19. The molecule has 0 spiro atoms. The highest BCUT2D eigenvalue weighted by molar-refractivity contribution is 5.99. The number of rotatable bonds is 49. The fourth-order valence-electron chi connectivity index (χ4n) is 10.4. The molecular formula is C68H121N17O15. The number of carbonyl (C=O) groups is 13. The number of carboxylic acid groups (broad SMARTS) is 1. The molecule has 32 heteroatoms. The van der Waals surface area contributed by atoms with Gasteiger partial charge in [0.05, 0.1) is 6.04 Å². The Balaban J connectivity index is 3.30. The van der Waals surface area contributed by atoms with Crippen molar-refractivity contribution in [1.82, 2.24) is 63.8 Å². The second kappa shape index (κ2) is 47.1. The minimum Gasteiger partial charge on any atom is -0.508 e. The molecule has 1 rings (SSSR count). The van der Waals surface area contributed by atoms with Gasteiger partial charge in [-0.05, 0) is 171 Å². The van der Waals surface area contributed by atoms with Crippen LogP contribution in [0.1, 0.15) is 179 Å². The molecule has 12 amide bonds. The van der Waals surface area contributed by atoms with Gasteiger partial charge < -0.3 is 103 Å². The van der Waals surface area contributed by atoms with Gasteiger partial charge in [0, 0.05) is 6.42 Å². The van der Waals surface area contributed by atoms with Crippen molar-refractivity contribution in [3.05, 3.63) is 29.8 Å². The van der Waals surface area contributed by atoms with E-state index >= 15 is 0 Å². The van der Waals surface area contributed by atoms with Gasteiger partial charge in [0.25, 0.3) is 0 Å². The lowest BCUT2D eigenvalue weighted by Gasteiger charge is -2.30. The van der Waals surface area contributed by atoms with E-state index in [0.29, 0.717) is 83.0 Å². The van der Waals surface area contributed by atoms with Crippen molar-refractivity contribution in [3.8, 4) is 5.75 Å². The smallest absolute Gasteiger partial charge is 0.326 e. The Bertz CT molecular complexity index is 2790. The van der Waals surface area contributed by atoms with E-state index in [4.69, 9.17) is 28.7 Å². The third kappa shape index (κ3) is 33.4. The molecule has 0 aliphatic rings. The maximum Gasteiger partial charge on any atom is 0.326 e. The molecule has 0 bridgehead atoms. The fourth-order valence-corrected chi connectivity index (χ4v) is 10.4. The molecule has 1 aromatic rings. The average Bonchev–Trinajstić information content (AvgIpc) is 0.861.